The molecule has 1 heterocycles. The Morgan fingerprint density at radius 3 is 3.05 bits per heavy atom. The Morgan fingerprint density at radius 1 is 1.40 bits per heavy atom. The Kier molecular flexibility index (Phi) is 3.51. The van der Waals surface area contributed by atoms with Gasteiger partial charge in [-0.15, -0.1) is 0 Å². The van der Waals surface area contributed by atoms with Gasteiger partial charge in [-0.2, -0.15) is 0 Å². The van der Waals surface area contributed by atoms with Crippen molar-refractivity contribution in [1.29, 1.82) is 0 Å². The summed E-state index contributed by atoms with van der Waals surface area (Å²) in [6.45, 7) is 2.43. The molecule has 0 saturated heterocycles. The van der Waals surface area contributed by atoms with Crippen molar-refractivity contribution in [2.75, 3.05) is 6.61 Å². The lowest BCUT2D eigenvalue weighted by molar-refractivity contribution is -0.138. The van der Waals surface area contributed by atoms with E-state index in [9.17, 15) is 4.79 Å². The zero-order valence-electron chi connectivity index (χ0n) is 11.8. The Bertz CT molecular complexity index is 559. The quantitative estimate of drug-likeness (QED) is 0.889. The number of aliphatic carboxylic acids is 1. The van der Waals surface area contributed by atoms with Crippen LogP contribution in [0.4, 0.5) is 0 Å². The van der Waals surface area contributed by atoms with E-state index in [1.54, 1.807) is 6.92 Å². The molecular formula is C17H20O3. The molecule has 1 aliphatic heterocycles. The van der Waals surface area contributed by atoms with Crippen molar-refractivity contribution in [2.45, 2.75) is 38.5 Å². The minimum Gasteiger partial charge on any atom is -0.492 e. The first-order chi connectivity index (χ1) is 9.65. The second kappa shape index (κ2) is 5.31. The maximum atomic E-state index is 11.1. The molecule has 20 heavy (non-hydrogen) atoms. The first-order valence-electron chi connectivity index (χ1n) is 7.35. The van der Waals surface area contributed by atoms with Gasteiger partial charge in [0.25, 0.3) is 0 Å². The normalized spacial score (nSPS) is 22.6. The third kappa shape index (κ3) is 2.45. The zero-order valence-corrected chi connectivity index (χ0v) is 11.8. The second-order valence-electron chi connectivity index (χ2n) is 5.83. The average molecular weight is 272 g/mol. The van der Waals surface area contributed by atoms with Crippen molar-refractivity contribution < 1.29 is 14.6 Å². The van der Waals surface area contributed by atoms with E-state index in [4.69, 9.17) is 9.84 Å². The van der Waals surface area contributed by atoms with Crippen LogP contribution in [0.15, 0.2) is 23.8 Å². The zero-order chi connectivity index (χ0) is 14.1. The van der Waals surface area contributed by atoms with Crippen molar-refractivity contribution in [2.24, 2.45) is 5.92 Å². The molecule has 106 valence electrons. The minimum atomic E-state index is -0.800. The van der Waals surface area contributed by atoms with Crippen molar-refractivity contribution in [1.82, 2.24) is 0 Å². The van der Waals surface area contributed by atoms with Crippen LogP contribution in [-0.2, 0) is 4.79 Å². The van der Waals surface area contributed by atoms with Crippen molar-refractivity contribution in [3.8, 4) is 5.75 Å². The molecule has 3 heteroatoms. The highest BCUT2D eigenvalue weighted by Gasteiger charge is 2.24. The van der Waals surface area contributed by atoms with E-state index in [1.807, 2.05) is 18.2 Å². The predicted octanol–water partition coefficient (Wildman–Crippen LogP) is 3.84. The molecule has 2 unspecified atom stereocenters. The number of carboxylic acids is 1. The highest BCUT2D eigenvalue weighted by atomic mass is 16.5. The van der Waals surface area contributed by atoms with Gasteiger partial charge in [-0.3, -0.25) is 4.79 Å². The minimum absolute atomic E-state index is 0.498. The van der Waals surface area contributed by atoms with E-state index >= 15 is 0 Å². The summed E-state index contributed by atoms with van der Waals surface area (Å²) in [4.78, 5) is 11.1. The fourth-order valence-electron chi connectivity index (χ4n) is 3.09. The molecule has 1 saturated carbocycles. The van der Waals surface area contributed by atoms with Crippen LogP contribution in [0.3, 0.4) is 0 Å². The van der Waals surface area contributed by atoms with E-state index in [0.717, 1.165) is 23.5 Å². The van der Waals surface area contributed by atoms with E-state index in [2.05, 4.69) is 6.08 Å². The predicted molar refractivity (Wildman–Crippen MR) is 77.9 cm³/mol. The van der Waals surface area contributed by atoms with Gasteiger partial charge in [-0.1, -0.05) is 30.2 Å². The molecule has 0 radical (unpaired) electrons. The third-order valence-corrected chi connectivity index (χ3v) is 4.48. The largest absolute Gasteiger partial charge is 0.492 e. The summed E-state index contributed by atoms with van der Waals surface area (Å²) in [6.07, 6.45) is 7.18. The van der Waals surface area contributed by atoms with Gasteiger partial charge in [-0.05, 0) is 37.8 Å². The number of hydrogen-bond acceptors (Lipinski definition) is 2. The number of hydrogen-bond donors (Lipinski definition) is 1. The van der Waals surface area contributed by atoms with Gasteiger partial charge in [0.2, 0.25) is 0 Å². The standard InChI is InChI=1S/C17H20O3/c1-11(17(18)19)12-6-7-14-8-13-4-2-3-5-15(13)10-20-16(14)9-12/h6-9,11,15H,2-5,10H2,1H3,(H,18,19). The second-order valence-corrected chi connectivity index (χ2v) is 5.83. The summed E-state index contributed by atoms with van der Waals surface area (Å²) >= 11 is 0. The van der Waals surface area contributed by atoms with Crippen LogP contribution < -0.4 is 4.74 Å². The maximum Gasteiger partial charge on any atom is 0.310 e. The SMILES string of the molecule is CC(C(=O)O)c1ccc2c(c1)OCC1CCCCC1=C2. The van der Waals surface area contributed by atoms with Crippen LogP contribution in [0.2, 0.25) is 0 Å². The first kappa shape index (κ1) is 13.2. The van der Waals surface area contributed by atoms with Crippen LogP contribution in [0, 0.1) is 5.92 Å². The fourth-order valence-corrected chi connectivity index (χ4v) is 3.09. The summed E-state index contributed by atoms with van der Waals surface area (Å²) in [6, 6.07) is 5.79. The lowest BCUT2D eigenvalue weighted by Crippen LogP contribution is -2.16. The first-order valence-corrected chi connectivity index (χ1v) is 7.35. The molecule has 2 atom stereocenters. The van der Waals surface area contributed by atoms with Crippen molar-refractivity contribution in [3.63, 3.8) is 0 Å². The summed E-state index contributed by atoms with van der Waals surface area (Å²) in [5.74, 6) is 0.0710. The van der Waals surface area contributed by atoms with Gasteiger partial charge in [0.1, 0.15) is 5.75 Å². The van der Waals surface area contributed by atoms with Gasteiger partial charge in [0.15, 0.2) is 0 Å². The van der Waals surface area contributed by atoms with Crippen LogP contribution in [0.5, 0.6) is 5.75 Å². The molecule has 2 aliphatic rings. The molecular weight excluding hydrogens is 252 g/mol. The van der Waals surface area contributed by atoms with Gasteiger partial charge in [0, 0.05) is 11.5 Å². The lowest BCUT2D eigenvalue weighted by atomic mass is 9.84. The fraction of sp³-hybridized carbons (Fsp3) is 0.471. The Hall–Kier alpha value is -1.77. The van der Waals surface area contributed by atoms with Gasteiger partial charge in [-0.25, -0.2) is 0 Å². The van der Waals surface area contributed by atoms with Crippen LogP contribution in [0.25, 0.3) is 6.08 Å². The Balaban J connectivity index is 1.93. The van der Waals surface area contributed by atoms with Crippen LogP contribution in [0.1, 0.15) is 49.7 Å². The summed E-state index contributed by atoms with van der Waals surface area (Å²) in [5, 5.41) is 9.11. The smallest absolute Gasteiger partial charge is 0.310 e. The number of rotatable bonds is 2. The van der Waals surface area contributed by atoms with E-state index in [0.29, 0.717) is 5.92 Å². The molecule has 1 aromatic rings. The number of carboxylic acid groups (broad SMARTS) is 1. The highest BCUT2D eigenvalue weighted by Crippen LogP contribution is 2.37. The molecule has 1 aliphatic carbocycles. The number of carbonyl (C=O) groups is 1. The van der Waals surface area contributed by atoms with Crippen molar-refractivity contribution >= 4 is 12.0 Å². The molecule has 1 N–H and O–H groups in total. The molecule has 0 spiro atoms. The van der Waals surface area contributed by atoms with Crippen molar-refractivity contribution in [3.05, 3.63) is 34.9 Å². The summed E-state index contributed by atoms with van der Waals surface area (Å²) in [7, 11) is 0. The highest BCUT2D eigenvalue weighted by molar-refractivity contribution is 5.76. The van der Waals surface area contributed by atoms with E-state index < -0.39 is 11.9 Å². The Labute approximate surface area is 119 Å². The molecule has 1 fully saturated rings. The maximum absolute atomic E-state index is 11.1. The topological polar surface area (TPSA) is 46.5 Å². The summed E-state index contributed by atoms with van der Waals surface area (Å²) < 4.78 is 5.94. The number of fused-ring (bicyclic) bond motifs is 2. The molecule has 3 rings (SSSR count). The average Bonchev–Trinajstić information content (AvgIpc) is 2.64. The van der Waals surface area contributed by atoms with E-state index in [1.165, 1.54) is 31.3 Å². The molecule has 0 amide bonds. The summed E-state index contributed by atoms with van der Waals surface area (Å²) in [5.41, 5.74) is 3.39. The van der Waals surface area contributed by atoms with Crippen LogP contribution >= 0.6 is 0 Å². The molecule has 0 bridgehead atoms. The van der Waals surface area contributed by atoms with Gasteiger partial charge >= 0.3 is 5.97 Å². The Morgan fingerprint density at radius 2 is 2.25 bits per heavy atom. The molecule has 0 aromatic heterocycles. The lowest BCUT2D eigenvalue weighted by Gasteiger charge is -2.23. The third-order valence-electron chi connectivity index (χ3n) is 4.48. The monoisotopic (exact) mass is 272 g/mol. The number of ether oxygens (including phenoxy) is 1. The van der Waals surface area contributed by atoms with Gasteiger partial charge in [0.05, 0.1) is 12.5 Å². The molecule has 3 nitrogen and oxygen atoms in total. The van der Waals surface area contributed by atoms with Gasteiger partial charge < -0.3 is 9.84 Å². The number of benzene rings is 1. The van der Waals surface area contributed by atoms with E-state index in [-0.39, 0.29) is 0 Å². The molecule has 1 aromatic carbocycles. The van der Waals surface area contributed by atoms with Crippen LogP contribution in [-0.4, -0.2) is 17.7 Å².